The van der Waals surface area contributed by atoms with E-state index in [1.165, 1.54) is 12.1 Å². The molecule has 0 heterocycles. The van der Waals surface area contributed by atoms with Crippen LogP contribution >= 0.6 is 0 Å². The minimum absolute atomic E-state index is 0.0203. The van der Waals surface area contributed by atoms with E-state index in [1.54, 1.807) is 24.1 Å². The molecule has 1 aromatic carbocycles. The third-order valence-corrected chi connectivity index (χ3v) is 3.35. The monoisotopic (exact) mass is 236 g/mol. The Bertz CT molecular complexity index is 412. The van der Waals surface area contributed by atoms with Crippen LogP contribution < -0.4 is 5.73 Å². The molecule has 0 unspecified atom stereocenters. The molecule has 4 heteroatoms. The lowest BCUT2D eigenvalue weighted by Crippen LogP contribution is -2.58. The van der Waals surface area contributed by atoms with Crippen molar-refractivity contribution in [3.63, 3.8) is 0 Å². The summed E-state index contributed by atoms with van der Waals surface area (Å²) in [5, 5.41) is 0. The highest BCUT2D eigenvalue weighted by Gasteiger charge is 2.41. The van der Waals surface area contributed by atoms with Gasteiger partial charge in [0.1, 0.15) is 5.82 Å². The lowest BCUT2D eigenvalue weighted by molar-refractivity contribution is -0.139. The van der Waals surface area contributed by atoms with Crippen molar-refractivity contribution in [2.24, 2.45) is 5.73 Å². The molecule has 3 nitrogen and oxygen atoms in total. The number of nitrogens with zero attached hydrogens (tertiary/aromatic N) is 1. The van der Waals surface area contributed by atoms with Crippen LogP contribution in [0.15, 0.2) is 24.3 Å². The van der Waals surface area contributed by atoms with Crippen LogP contribution in [-0.2, 0) is 11.3 Å². The van der Waals surface area contributed by atoms with Crippen LogP contribution in [0, 0.1) is 5.82 Å². The maximum Gasteiger partial charge on any atom is 0.242 e. The molecular weight excluding hydrogens is 219 g/mol. The van der Waals surface area contributed by atoms with Gasteiger partial charge in [0.25, 0.3) is 0 Å². The molecule has 1 amide bonds. The Kier molecular flexibility index (Phi) is 3.15. The Balaban J connectivity index is 1.99. The van der Waals surface area contributed by atoms with Gasteiger partial charge in [-0.05, 0) is 37.0 Å². The number of carbonyl (C=O) groups is 1. The molecule has 2 rings (SSSR count). The van der Waals surface area contributed by atoms with Gasteiger partial charge in [0.15, 0.2) is 0 Å². The van der Waals surface area contributed by atoms with Crippen LogP contribution in [-0.4, -0.2) is 23.4 Å². The van der Waals surface area contributed by atoms with Crippen LogP contribution in [0.25, 0.3) is 0 Å². The van der Waals surface area contributed by atoms with Crippen LogP contribution in [0.4, 0.5) is 4.39 Å². The van der Waals surface area contributed by atoms with Gasteiger partial charge in [-0.2, -0.15) is 0 Å². The van der Waals surface area contributed by atoms with E-state index >= 15 is 0 Å². The molecule has 0 atom stereocenters. The van der Waals surface area contributed by atoms with E-state index in [2.05, 4.69) is 0 Å². The molecule has 0 spiro atoms. The predicted molar refractivity (Wildman–Crippen MR) is 63.6 cm³/mol. The lowest BCUT2D eigenvalue weighted by Gasteiger charge is -2.39. The highest BCUT2D eigenvalue weighted by Crippen LogP contribution is 2.30. The summed E-state index contributed by atoms with van der Waals surface area (Å²) in [6.45, 7) is 0.470. The van der Waals surface area contributed by atoms with Crippen molar-refractivity contribution in [2.75, 3.05) is 7.05 Å². The van der Waals surface area contributed by atoms with Crippen LogP contribution in [0.1, 0.15) is 24.8 Å². The van der Waals surface area contributed by atoms with E-state index < -0.39 is 5.54 Å². The minimum Gasteiger partial charge on any atom is -0.340 e. The minimum atomic E-state index is -0.658. The summed E-state index contributed by atoms with van der Waals surface area (Å²) < 4.78 is 12.7. The van der Waals surface area contributed by atoms with Crippen molar-refractivity contribution in [2.45, 2.75) is 31.3 Å². The van der Waals surface area contributed by atoms with Gasteiger partial charge in [-0.15, -0.1) is 0 Å². The van der Waals surface area contributed by atoms with Gasteiger partial charge in [-0.1, -0.05) is 12.1 Å². The highest BCUT2D eigenvalue weighted by molar-refractivity contribution is 5.86. The Hall–Kier alpha value is -1.42. The molecule has 1 aliphatic carbocycles. The Morgan fingerprint density at radius 3 is 2.47 bits per heavy atom. The van der Waals surface area contributed by atoms with Gasteiger partial charge in [0, 0.05) is 13.6 Å². The SMILES string of the molecule is CN(Cc1ccc(F)cc1)C(=O)C1(N)CCC1. The van der Waals surface area contributed by atoms with Crippen molar-refractivity contribution in [1.29, 1.82) is 0 Å². The van der Waals surface area contributed by atoms with Gasteiger partial charge in [0.2, 0.25) is 5.91 Å². The zero-order chi connectivity index (χ0) is 12.5. The number of hydrogen-bond donors (Lipinski definition) is 1. The first-order valence-electron chi connectivity index (χ1n) is 5.80. The van der Waals surface area contributed by atoms with Gasteiger partial charge in [-0.3, -0.25) is 4.79 Å². The molecule has 17 heavy (non-hydrogen) atoms. The Morgan fingerprint density at radius 1 is 1.41 bits per heavy atom. The summed E-state index contributed by atoms with van der Waals surface area (Å²) >= 11 is 0. The molecular formula is C13H17FN2O. The number of rotatable bonds is 3. The molecule has 92 valence electrons. The number of likely N-dealkylation sites (N-methyl/N-ethyl adjacent to an activating group) is 1. The molecule has 1 aromatic rings. The summed E-state index contributed by atoms with van der Waals surface area (Å²) in [6.07, 6.45) is 2.55. The van der Waals surface area contributed by atoms with Crippen molar-refractivity contribution in [3.8, 4) is 0 Å². The zero-order valence-electron chi connectivity index (χ0n) is 9.95. The fraction of sp³-hybridized carbons (Fsp3) is 0.462. The Morgan fingerprint density at radius 2 is 2.00 bits per heavy atom. The van der Waals surface area contributed by atoms with Crippen molar-refractivity contribution in [1.82, 2.24) is 4.90 Å². The molecule has 1 saturated carbocycles. The quantitative estimate of drug-likeness (QED) is 0.867. The highest BCUT2D eigenvalue weighted by atomic mass is 19.1. The summed E-state index contributed by atoms with van der Waals surface area (Å²) in [5.74, 6) is -0.287. The third kappa shape index (κ3) is 2.47. The van der Waals surface area contributed by atoms with Crippen molar-refractivity contribution >= 4 is 5.91 Å². The van der Waals surface area contributed by atoms with E-state index in [9.17, 15) is 9.18 Å². The number of halogens is 1. The first-order chi connectivity index (χ1) is 8.01. The van der Waals surface area contributed by atoms with E-state index in [0.29, 0.717) is 6.54 Å². The third-order valence-electron chi connectivity index (χ3n) is 3.35. The molecule has 0 aliphatic heterocycles. The maximum atomic E-state index is 12.7. The standard InChI is InChI=1S/C13H17FN2O/c1-16(12(17)13(15)7-2-8-13)9-10-3-5-11(14)6-4-10/h3-6H,2,7-9,15H2,1H3. The largest absolute Gasteiger partial charge is 0.340 e. The van der Waals surface area contributed by atoms with Crippen molar-refractivity contribution in [3.05, 3.63) is 35.6 Å². The van der Waals surface area contributed by atoms with Crippen molar-refractivity contribution < 1.29 is 9.18 Å². The second-order valence-corrected chi connectivity index (χ2v) is 4.80. The van der Waals surface area contributed by atoms with E-state index in [1.807, 2.05) is 0 Å². The molecule has 0 bridgehead atoms. The zero-order valence-corrected chi connectivity index (χ0v) is 9.95. The number of hydrogen-bond acceptors (Lipinski definition) is 2. The first kappa shape index (κ1) is 12.0. The van der Waals surface area contributed by atoms with Gasteiger partial charge in [0.05, 0.1) is 5.54 Å². The summed E-state index contributed by atoms with van der Waals surface area (Å²) in [5.41, 5.74) is 6.22. The second kappa shape index (κ2) is 4.45. The Labute approximate surface area is 100 Å². The fourth-order valence-electron chi connectivity index (χ4n) is 2.09. The van der Waals surface area contributed by atoms with Crippen LogP contribution in [0.3, 0.4) is 0 Å². The lowest BCUT2D eigenvalue weighted by atomic mass is 9.76. The van der Waals surface area contributed by atoms with E-state index in [-0.39, 0.29) is 11.7 Å². The molecule has 0 saturated heterocycles. The molecule has 1 aliphatic rings. The van der Waals surface area contributed by atoms with Gasteiger partial charge < -0.3 is 10.6 Å². The molecule has 1 fully saturated rings. The molecule has 0 aromatic heterocycles. The average Bonchev–Trinajstić information content (AvgIpc) is 2.28. The predicted octanol–water partition coefficient (Wildman–Crippen LogP) is 1.67. The summed E-state index contributed by atoms with van der Waals surface area (Å²) in [4.78, 5) is 13.7. The van der Waals surface area contributed by atoms with Gasteiger partial charge >= 0.3 is 0 Å². The summed E-state index contributed by atoms with van der Waals surface area (Å²) in [7, 11) is 1.73. The second-order valence-electron chi connectivity index (χ2n) is 4.80. The number of carbonyl (C=O) groups excluding carboxylic acids is 1. The van der Waals surface area contributed by atoms with E-state index in [4.69, 9.17) is 5.73 Å². The molecule has 2 N–H and O–H groups in total. The van der Waals surface area contributed by atoms with E-state index in [0.717, 1.165) is 24.8 Å². The number of nitrogens with two attached hydrogens (primary N) is 1. The number of amides is 1. The van der Waals surface area contributed by atoms with Crippen LogP contribution in [0.2, 0.25) is 0 Å². The fourth-order valence-corrected chi connectivity index (χ4v) is 2.09. The first-order valence-corrected chi connectivity index (χ1v) is 5.80. The normalized spacial score (nSPS) is 17.4. The maximum absolute atomic E-state index is 12.7. The smallest absolute Gasteiger partial charge is 0.242 e. The molecule has 0 radical (unpaired) electrons. The number of benzene rings is 1. The van der Waals surface area contributed by atoms with Crippen LogP contribution in [0.5, 0.6) is 0 Å². The summed E-state index contributed by atoms with van der Waals surface area (Å²) in [6, 6.07) is 6.16. The average molecular weight is 236 g/mol. The topological polar surface area (TPSA) is 46.3 Å². The van der Waals surface area contributed by atoms with Gasteiger partial charge in [-0.25, -0.2) is 4.39 Å².